The molecule has 0 saturated heterocycles. The van der Waals surface area contributed by atoms with Crippen LogP contribution in [-0.4, -0.2) is 17.9 Å². The third-order valence-corrected chi connectivity index (χ3v) is 9.65. The van der Waals surface area contributed by atoms with E-state index >= 15 is 0 Å². The standard InChI is InChI=1S/C26H34O3/c1-25-14-12-19(27)16-18(25)8-9-20-21-10-11-23(26(21,2)15-13-22(20)25)29-24(28)17-6-4-3-5-7-17/h3-7,18,20-23H,8-16H2,1-2H3/t18-,20-,21+,22-,23+,25-,26-/m0/s1. The van der Waals surface area contributed by atoms with Gasteiger partial charge in [0, 0.05) is 18.3 Å². The van der Waals surface area contributed by atoms with E-state index in [1.54, 1.807) is 0 Å². The summed E-state index contributed by atoms with van der Waals surface area (Å²) in [5.41, 5.74) is 1.11. The number of ketones is 1. The summed E-state index contributed by atoms with van der Waals surface area (Å²) >= 11 is 0. The van der Waals surface area contributed by atoms with E-state index in [4.69, 9.17) is 4.74 Å². The summed E-state index contributed by atoms with van der Waals surface area (Å²) < 4.78 is 6.11. The van der Waals surface area contributed by atoms with Crippen molar-refractivity contribution in [2.24, 2.45) is 34.5 Å². The number of esters is 1. The van der Waals surface area contributed by atoms with Crippen LogP contribution in [0.15, 0.2) is 30.3 Å². The molecule has 0 radical (unpaired) electrons. The van der Waals surface area contributed by atoms with Crippen LogP contribution in [0.3, 0.4) is 0 Å². The molecule has 4 fully saturated rings. The van der Waals surface area contributed by atoms with Crippen molar-refractivity contribution in [2.45, 2.75) is 77.7 Å². The van der Waals surface area contributed by atoms with Crippen molar-refractivity contribution in [1.29, 1.82) is 0 Å². The molecule has 0 amide bonds. The molecule has 4 aliphatic carbocycles. The summed E-state index contributed by atoms with van der Waals surface area (Å²) in [6.45, 7) is 4.88. The fourth-order valence-electron chi connectivity index (χ4n) is 7.96. The number of benzene rings is 1. The van der Waals surface area contributed by atoms with Crippen LogP contribution in [0.25, 0.3) is 0 Å². The van der Waals surface area contributed by atoms with Gasteiger partial charge in [-0.3, -0.25) is 4.79 Å². The maximum atomic E-state index is 12.7. The van der Waals surface area contributed by atoms with Gasteiger partial charge in [-0.05, 0) is 86.2 Å². The second-order valence-corrected chi connectivity index (χ2v) is 10.8. The molecule has 0 unspecified atom stereocenters. The monoisotopic (exact) mass is 394 g/mol. The molecule has 0 aliphatic heterocycles. The summed E-state index contributed by atoms with van der Waals surface area (Å²) in [5.74, 6) is 3.06. The van der Waals surface area contributed by atoms with E-state index in [2.05, 4.69) is 13.8 Å². The minimum Gasteiger partial charge on any atom is -0.458 e. The van der Waals surface area contributed by atoms with Crippen LogP contribution in [0, 0.1) is 34.5 Å². The van der Waals surface area contributed by atoms with Crippen LogP contribution in [-0.2, 0) is 9.53 Å². The molecular weight excluding hydrogens is 360 g/mol. The molecule has 0 spiro atoms. The summed E-state index contributed by atoms with van der Waals surface area (Å²) in [6.07, 6.45) is 9.79. The van der Waals surface area contributed by atoms with Gasteiger partial charge < -0.3 is 4.74 Å². The number of carbonyl (C=O) groups excluding carboxylic acids is 2. The molecule has 0 aromatic heterocycles. The minimum atomic E-state index is -0.166. The van der Waals surface area contributed by atoms with Gasteiger partial charge in [-0.25, -0.2) is 4.79 Å². The van der Waals surface area contributed by atoms with Gasteiger partial charge in [0.2, 0.25) is 0 Å². The van der Waals surface area contributed by atoms with E-state index in [0.29, 0.717) is 28.6 Å². The van der Waals surface area contributed by atoms with Crippen LogP contribution in [0.5, 0.6) is 0 Å². The molecule has 0 heterocycles. The molecule has 29 heavy (non-hydrogen) atoms. The molecule has 156 valence electrons. The van der Waals surface area contributed by atoms with Crippen LogP contribution < -0.4 is 0 Å². The normalized spacial score (nSPS) is 43.8. The van der Waals surface area contributed by atoms with Gasteiger partial charge in [-0.2, -0.15) is 0 Å². The maximum Gasteiger partial charge on any atom is 0.338 e. The van der Waals surface area contributed by atoms with Crippen molar-refractivity contribution in [3.05, 3.63) is 35.9 Å². The van der Waals surface area contributed by atoms with Crippen molar-refractivity contribution in [3.63, 3.8) is 0 Å². The Morgan fingerprint density at radius 1 is 0.931 bits per heavy atom. The molecule has 0 N–H and O–H groups in total. The summed E-state index contributed by atoms with van der Waals surface area (Å²) in [6, 6.07) is 9.42. The Labute approximate surface area is 174 Å². The Balaban J connectivity index is 1.34. The molecule has 5 rings (SSSR count). The largest absolute Gasteiger partial charge is 0.458 e. The van der Waals surface area contributed by atoms with Gasteiger partial charge >= 0.3 is 5.97 Å². The van der Waals surface area contributed by atoms with Crippen molar-refractivity contribution in [3.8, 4) is 0 Å². The minimum absolute atomic E-state index is 0.0413. The van der Waals surface area contributed by atoms with Gasteiger partial charge in [-0.1, -0.05) is 32.0 Å². The second kappa shape index (κ2) is 6.96. The molecule has 7 atom stereocenters. The maximum absolute atomic E-state index is 12.7. The van der Waals surface area contributed by atoms with Gasteiger partial charge in [0.1, 0.15) is 11.9 Å². The molecule has 3 heteroatoms. The molecule has 1 aromatic carbocycles. The first-order valence-corrected chi connectivity index (χ1v) is 11.7. The quantitative estimate of drug-likeness (QED) is 0.593. The lowest BCUT2D eigenvalue weighted by Crippen LogP contribution is -2.54. The average molecular weight is 395 g/mol. The zero-order valence-electron chi connectivity index (χ0n) is 17.9. The van der Waals surface area contributed by atoms with Gasteiger partial charge in [0.25, 0.3) is 0 Å². The predicted molar refractivity (Wildman–Crippen MR) is 112 cm³/mol. The fourth-order valence-corrected chi connectivity index (χ4v) is 7.96. The van der Waals surface area contributed by atoms with E-state index in [-0.39, 0.29) is 17.5 Å². The summed E-state index contributed by atoms with van der Waals surface area (Å²) in [5, 5.41) is 0. The van der Waals surface area contributed by atoms with E-state index < -0.39 is 0 Å². The number of fused-ring (bicyclic) bond motifs is 5. The molecular formula is C26H34O3. The van der Waals surface area contributed by atoms with E-state index in [1.807, 2.05) is 30.3 Å². The Morgan fingerprint density at radius 2 is 1.69 bits per heavy atom. The number of rotatable bonds is 2. The lowest BCUT2D eigenvalue weighted by Gasteiger charge is -2.60. The zero-order valence-corrected chi connectivity index (χ0v) is 17.9. The van der Waals surface area contributed by atoms with Gasteiger partial charge in [0.15, 0.2) is 0 Å². The Kier molecular flexibility index (Phi) is 4.64. The zero-order chi connectivity index (χ0) is 20.2. The number of ether oxygens (including phenoxy) is 1. The lowest BCUT2D eigenvalue weighted by atomic mass is 9.45. The second-order valence-electron chi connectivity index (χ2n) is 10.8. The molecule has 4 saturated carbocycles. The van der Waals surface area contributed by atoms with Gasteiger partial charge in [0.05, 0.1) is 5.56 Å². The highest BCUT2D eigenvalue weighted by Crippen LogP contribution is 2.66. The highest BCUT2D eigenvalue weighted by atomic mass is 16.5. The van der Waals surface area contributed by atoms with Crippen LogP contribution in [0.4, 0.5) is 0 Å². The number of Topliss-reactive ketones (excluding diaryl/α,β-unsaturated/α-hetero) is 1. The lowest BCUT2D eigenvalue weighted by molar-refractivity contribution is -0.142. The van der Waals surface area contributed by atoms with Crippen molar-refractivity contribution in [1.82, 2.24) is 0 Å². The number of hydrogen-bond donors (Lipinski definition) is 0. The van der Waals surface area contributed by atoms with E-state index in [9.17, 15) is 9.59 Å². The van der Waals surface area contributed by atoms with Crippen LogP contribution in [0.2, 0.25) is 0 Å². The van der Waals surface area contributed by atoms with E-state index in [0.717, 1.165) is 43.9 Å². The Bertz CT molecular complexity index is 801. The Morgan fingerprint density at radius 3 is 2.48 bits per heavy atom. The molecule has 3 nitrogen and oxygen atoms in total. The first kappa shape index (κ1) is 19.3. The van der Waals surface area contributed by atoms with Crippen LogP contribution in [0.1, 0.15) is 82.0 Å². The molecule has 4 aliphatic rings. The summed E-state index contributed by atoms with van der Waals surface area (Å²) in [4.78, 5) is 24.8. The van der Waals surface area contributed by atoms with Gasteiger partial charge in [-0.15, -0.1) is 0 Å². The number of hydrogen-bond acceptors (Lipinski definition) is 3. The van der Waals surface area contributed by atoms with E-state index in [1.165, 1.54) is 25.7 Å². The highest BCUT2D eigenvalue weighted by Gasteiger charge is 2.61. The van der Waals surface area contributed by atoms with Crippen LogP contribution >= 0.6 is 0 Å². The first-order valence-electron chi connectivity index (χ1n) is 11.7. The third kappa shape index (κ3) is 2.99. The Hall–Kier alpha value is -1.64. The smallest absolute Gasteiger partial charge is 0.338 e. The SMILES string of the molecule is C[C@]12CC[C@H]3[C@@H](CC[C@H]4CC(=O)CC[C@@]43C)[C@H]1CC[C@H]2OC(=O)c1ccccc1. The van der Waals surface area contributed by atoms with Crippen molar-refractivity contribution in [2.75, 3.05) is 0 Å². The highest BCUT2D eigenvalue weighted by molar-refractivity contribution is 5.89. The third-order valence-electron chi connectivity index (χ3n) is 9.65. The predicted octanol–water partition coefficient (Wildman–Crippen LogP) is 5.82. The summed E-state index contributed by atoms with van der Waals surface area (Å²) in [7, 11) is 0. The molecule has 0 bridgehead atoms. The van der Waals surface area contributed by atoms with Crippen molar-refractivity contribution < 1.29 is 14.3 Å². The first-order chi connectivity index (χ1) is 13.9. The topological polar surface area (TPSA) is 43.4 Å². The van der Waals surface area contributed by atoms with Crippen molar-refractivity contribution >= 4 is 11.8 Å². The molecule has 1 aromatic rings. The fraction of sp³-hybridized carbons (Fsp3) is 0.692. The average Bonchev–Trinajstić information content (AvgIpc) is 3.05. The number of carbonyl (C=O) groups is 2.